The number of fused-ring (bicyclic) bond motifs is 1. The maximum atomic E-state index is 14.1. The number of amides is 2. The van der Waals surface area contributed by atoms with Crippen molar-refractivity contribution in [3.05, 3.63) is 93.8 Å². The lowest BCUT2D eigenvalue weighted by Gasteiger charge is -2.32. The number of aryl methyl sites for hydroxylation is 2. The molecule has 2 aromatic carbocycles. The minimum atomic E-state index is -0.960. The summed E-state index contributed by atoms with van der Waals surface area (Å²) in [5.41, 5.74) is 1.79. The van der Waals surface area contributed by atoms with Gasteiger partial charge in [0.2, 0.25) is 5.91 Å². The second-order valence-electron chi connectivity index (χ2n) is 8.26. The smallest absolute Gasteiger partial charge is 0.271 e. The van der Waals surface area contributed by atoms with E-state index in [9.17, 15) is 9.59 Å². The first-order valence-corrected chi connectivity index (χ1v) is 12.3. The third kappa shape index (κ3) is 4.83. The monoisotopic (exact) mass is 503 g/mol. The topological polar surface area (TPSA) is 93.9 Å². The Labute approximate surface area is 212 Å². The summed E-state index contributed by atoms with van der Waals surface area (Å²) in [7, 11) is 0. The van der Waals surface area contributed by atoms with Gasteiger partial charge >= 0.3 is 0 Å². The molecule has 1 N–H and O–H groups in total. The molecule has 36 heavy (non-hydrogen) atoms. The molecule has 0 bridgehead atoms. The number of thiazole rings is 1. The maximum absolute atomic E-state index is 14.1. The van der Waals surface area contributed by atoms with Gasteiger partial charge in [-0.3, -0.25) is 14.5 Å². The molecule has 1 aliphatic heterocycles. The molecular formula is C27H25N3O5S. The van der Waals surface area contributed by atoms with Crippen LogP contribution in [0.2, 0.25) is 0 Å². The van der Waals surface area contributed by atoms with Crippen LogP contribution in [-0.4, -0.2) is 30.0 Å². The fourth-order valence-electron chi connectivity index (χ4n) is 4.14. The van der Waals surface area contributed by atoms with Crippen molar-refractivity contribution in [2.75, 3.05) is 18.1 Å². The van der Waals surface area contributed by atoms with Gasteiger partial charge in [0.05, 0.1) is 23.5 Å². The summed E-state index contributed by atoms with van der Waals surface area (Å²) in [6, 6.07) is 17.1. The van der Waals surface area contributed by atoms with Crippen LogP contribution < -0.4 is 19.7 Å². The lowest BCUT2D eigenvalue weighted by molar-refractivity contribution is -0.122. The average Bonchev–Trinajstić information content (AvgIpc) is 3.54. The number of furan rings is 1. The number of ether oxygens (including phenoxy) is 2. The third-order valence-electron chi connectivity index (χ3n) is 5.76. The van der Waals surface area contributed by atoms with Gasteiger partial charge in [-0.2, -0.15) is 0 Å². The Bertz CT molecular complexity index is 1370. The van der Waals surface area contributed by atoms with Crippen molar-refractivity contribution in [2.24, 2.45) is 0 Å². The Kier molecular flexibility index (Phi) is 6.73. The van der Waals surface area contributed by atoms with E-state index in [1.54, 1.807) is 43.5 Å². The molecule has 184 valence electrons. The van der Waals surface area contributed by atoms with Crippen molar-refractivity contribution in [1.82, 2.24) is 10.3 Å². The van der Waals surface area contributed by atoms with Crippen molar-refractivity contribution >= 4 is 28.8 Å². The molecule has 4 aromatic rings. The molecule has 9 heteroatoms. The van der Waals surface area contributed by atoms with Gasteiger partial charge in [-0.25, -0.2) is 4.98 Å². The first-order chi connectivity index (χ1) is 17.5. The van der Waals surface area contributed by atoms with Crippen molar-refractivity contribution < 1.29 is 23.5 Å². The van der Waals surface area contributed by atoms with Crippen molar-refractivity contribution in [3.63, 3.8) is 0 Å². The lowest BCUT2D eigenvalue weighted by Crippen LogP contribution is -2.44. The molecule has 2 amide bonds. The Morgan fingerprint density at radius 1 is 1.03 bits per heavy atom. The quantitative estimate of drug-likeness (QED) is 0.388. The standard InChI is InChI=1S/C27H25N3O5S/c1-17-25(36-18(2)29-17)27(32)30(20-10-11-22-23(15-20)35-14-13-34-22)24(19-7-4-3-5-8-19)26(31)28-16-21-9-6-12-33-21/h3-12,15,24H,13-14,16H2,1-2H3,(H,28,31). The van der Waals surface area contributed by atoms with E-state index in [0.29, 0.717) is 52.3 Å². The number of carbonyl (C=O) groups is 2. The molecule has 0 fully saturated rings. The molecule has 3 heterocycles. The number of aromatic nitrogens is 1. The van der Waals surface area contributed by atoms with Crippen molar-refractivity contribution in [1.29, 1.82) is 0 Å². The normalized spacial score (nSPS) is 13.2. The molecule has 5 rings (SSSR count). The molecule has 8 nitrogen and oxygen atoms in total. The van der Waals surface area contributed by atoms with E-state index in [2.05, 4.69) is 10.3 Å². The molecular weight excluding hydrogens is 478 g/mol. The number of nitrogens with zero attached hydrogens (tertiary/aromatic N) is 2. The number of benzene rings is 2. The van der Waals surface area contributed by atoms with Crippen LogP contribution in [0.1, 0.15) is 37.7 Å². The minimum absolute atomic E-state index is 0.191. The summed E-state index contributed by atoms with van der Waals surface area (Å²) in [5.74, 6) is 1.06. The van der Waals surface area contributed by atoms with Gasteiger partial charge in [-0.15, -0.1) is 11.3 Å². The van der Waals surface area contributed by atoms with Gasteiger partial charge in [0.25, 0.3) is 5.91 Å². The number of hydrogen-bond acceptors (Lipinski definition) is 7. The molecule has 1 atom stereocenters. The van der Waals surface area contributed by atoms with Crippen molar-refractivity contribution in [3.8, 4) is 11.5 Å². The summed E-state index contributed by atoms with van der Waals surface area (Å²) in [6.07, 6.45) is 1.55. The van der Waals surface area contributed by atoms with E-state index in [-0.39, 0.29) is 18.4 Å². The molecule has 1 unspecified atom stereocenters. The van der Waals surface area contributed by atoms with Crippen LogP contribution in [0.4, 0.5) is 5.69 Å². The first kappa shape index (κ1) is 23.6. The van der Waals surface area contributed by atoms with Gasteiger partial charge in [-0.05, 0) is 43.7 Å². The van der Waals surface area contributed by atoms with Crippen LogP contribution in [0.15, 0.2) is 71.3 Å². The summed E-state index contributed by atoms with van der Waals surface area (Å²) >= 11 is 1.30. The largest absolute Gasteiger partial charge is 0.486 e. The fourth-order valence-corrected chi connectivity index (χ4v) is 5.00. The molecule has 0 saturated heterocycles. The van der Waals surface area contributed by atoms with Crippen LogP contribution in [0.3, 0.4) is 0 Å². The van der Waals surface area contributed by atoms with Gasteiger partial charge in [0, 0.05) is 11.8 Å². The number of anilines is 1. The summed E-state index contributed by atoms with van der Waals surface area (Å²) in [6.45, 7) is 4.71. The average molecular weight is 504 g/mol. The predicted octanol–water partition coefficient (Wildman–Crippen LogP) is 4.83. The zero-order valence-corrected chi connectivity index (χ0v) is 20.7. The molecule has 0 spiro atoms. The van der Waals surface area contributed by atoms with E-state index in [4.69, 9.17) is 13.9 Å². The zero-order valence-electron chi connectivity index (χ0n) is 19.9. The minimum Gasteiger partial charge on any atom is -0.486 e. The Morgan fingerprint density at radius 2 is 1.81 bits per heavy atom. The highest BCUT2D eigenvalue weighted by molar-refractivity contribution is 7.13. The lowest BCUT2D eigenvalue weighted by atomic mass is 10.0. The van der Waals surface area contributed by atoms with Crippen LogP contribution in [0.25, 0.3) is 0 Å². The number of hydrogen-bond donors (Lipinski definition) is 1. The highest BCUT2D eigenvalue weighted by Crippen LogP contribution is 2.38. The Balaban J connectivity index is 1.61. The van der Waals surface area contributed by atoms with E-state index in [1.165, 1.54) is 16.2 Å². The van der Waals surface area contributed by atoms with E-state index in [0.717, 1.165) is 5.01 Å². The molecule has 1 aliphatic rings. The molecule has 0 aliphatic carbocycles. The first-order valence-electron chi connectivity index (χ1n) is 11.5. The second-order valence-corrected chi connectivity index (χ2v) is 9.46. The van der Waals surface area contributed by atoms with Gasteiger partial charge in [0.1, 0.15) is 29.9 Å². The predicted molar refractivity (Wildman–Crippen MR) is 136 cm³/mol. The van der Waals surface area contributed by atoms with Gasteiger partial charge in [-0.1, -0.05) is 30.3 Å². The van der Waals surface area contributed by atoms with Crippen LogP contribution in [0, 0.1) is 13.8 Å². The highest BCUT2D eigenvalue weighted by atomic mass is 32.1. The SMILES string of the molecule is Cc1nc(C)c(C(=O)N(c2ccc3c(c2)OCCO3)C(C(=O)NCc2ccco2)c2ccccc2)s1. The second kappa shape index (κ2) is 10.2. The number of carbonyl (C=O) groups excluding carboxylic acids is 2. The third-order valence-corrected chi connectivity index (χ3v) is 6.82. The molecule has 0 saturated carbocycles. The highest BCUT2D eigenvalue weighted by Gasteiger charge is 2.35. The van der Waals surface area contributed by atoms with Gasteiger partial charge < -0.3 is 19.2 Å². The number of nitrogens with one attached hydrogen (secondary N) is 1. The summed E-state index contributed by atoms with van der Waals surface area (Å²) < 4.78 is 16.8. The van der Waals surface area contributed by atoms with E-state index >= 15 is 0 Å². The van der Waals surface area contributed by atoms with Crippen LogP contribution >= 0.6 is 11.3 Å². The summed E-state index contributed by atoms with van der Waals surface area (Å²) in [5, 5.41) is 3.70. The zero-order chi connectivity index (χ0) is 25.1. The fraction of sp³-hybridized carbons (Fsp3) is 0.222. The molecule has 2 aromatic heterocycles. The van der Waals surface area contributed by atoms with E-state index < -0.39 is 6.04 Å². The van der Waals surface area contributed by atoms with Crippen molar-refractivity contribution in [2.45, 2.75) is 26.4 Å². The maximum Gasteiger partial charge on any atom is 0.271 e. The summed E-state index contributed by atoms with van der Waals surface area (Å²) in [4.78, 5) is 34.3. The van der Waals surface area contributed by atoms with Crippen LogP contribution in [-0.2, 0) is 11.3 Å². The molecule has 0 radical (unpaired) electrons. The van der Waals surface area contributed by atoms with E-state index in [1.807, 2.05) is 37.3 Å². The number of rotatable bonds is 7. The van der Waals surface area contributed by atoms with Gasteiger partial charge in [0.15, 0.2) is 11.5 Å². The Morgan fingerprint density at radius 3 is 2.50 bits per heavy atom. The Hall–Kier alpha value is -4.11. The van der Waals surface area contributed by atoms with Crippen LogP contribution in [0.5, 0.6) is 11.5 Å².